The van der Waals surface area contributed by atoms with E-state index in [1.54, 1.807) is 0 Å². The van der Waals surface area contributed by atoms with Crippen molar-refractivity contribution < 1.29 is 0 Å². The fourth-order valence-electron chi connectivity index (χ4n) is 2.26. The maximum atomic E-state index is 6.23. The molecule has 0 aliphatic heterocycles. The number of halogens is 1. The Bertz CT molecular complexity index is 705. The zero-order chi connectivity index (χ0) is 12.5. The molecule has 0 amide bonds. The van der Waals surface area contributed by atoms with E-state index in [1.807, 2.05) is 42.5 Å². The summed E-state index contributed by atoms with van der Waals surface area (Å²) in [5.74, 6) is 0. The standard InChI is InChI=1S/C16H12ClN/c17-14-8-4-7-13-12(14)9-10-15(18)16(13)11-5-2-1-3-6-11/h1-10H,18H2. The fraction of sp³-hybridized carbons (Fsp3) is 0. The third-order valence-electron chi connectivity index (χ3n) is 3.10. The number of nitrogen functional groups attached to an aromatic ring is 1. The topological polar surface area (TPSA) is 26.0 Å². The van der Waals surface area contributed by atoms with Crippen molar-refractivity contribution in [1.29, 1.82) is 0 Å². The van der Waals surface area contributed by atoms with Crippen molar-refractivity contribution in [3.8, 4) is 11.1 Å². The van der Waals surface area contributed by atoms with E-state index in [1.165, 1.54) is 0 Å². The Kier molecular flexibility index (Phi) is 2.69. The van der Waals surface area contributed by atoms with Gasteiger partial charge in [0.2, 0.25) is 0 Å². The summed E-state index contributed by atoms with van der Waals surface area (Å²) in [5, 5.41) is 2.88. The van der Waals surface area contributed by atoms with Gasteiger partial charge in [-0.1, -0.05) is 60.1 Å². The number of hydrogen-bond acceptors (Lipinski definition) is 1. The van der Waals surface area contributed by atoms with Gasteiger partial charge < -0.3 is 5.73 Å². The summed E-state index contributed by atoms with van der Waals surface area (Å²) in [6.45, 7) is 0. The molecule has 0 aliphatic carbocycles. The fourth-order valence-corrected chi connectivity index (χ4v) is 2.50. The van der Waals surface area contributed by atoms with Crippen LogP contribution in [0, 0.1) is 0 Å². The van der Waals surface area contributed by atoms with Crippen molar-refractivity contribution in [2.75, 3.05) is 5.73 Å². The summed E-state index contributed by atoms with van der Waals surface area (Å²) in [7, 11) is 0. The van der Waals surface area contributed by atoms with Gasteiger partial charge in [-0.15, -0.1) is 0 Å². The molecule has 0 saturated heterocycles. The van der Waals surface area contributed by atoms with Crippen LogP contribution >= 0.6 is 11.6 Å². The lowest BCUT2D eigenvalue weighted by Gasteiger charge is -2.11. The quantitative estimate of drug-likeness (QED) is 0.623. The number of nitrogens with two attached hydrogens (primary N) is 1. The molecule has 0 aromatic heterocycles. The summed E-state index contributed by atoms with van der Waals surface area (Å²) in [6, 6.07) is 19.9. The third-order valence-corrected chi connectivity index (χ3v) is 3.43. The molecule has 0 radical (unpaired) electrons. The first kappa shape index (κ1) is 11.1. The van der Waals surface area contributed by atoms with Gasteiger partial charge in [0.25, 0.3) is 0 Å². The van der Waals surface area contributed by atoms with Crippen molar-refractivity contribution in [2.24, 2.45) is 0 Å². The smallest absolute Gasteiger partial charge is 0.0484 e. The molecule has 18 heavy (non-hydrogen) atoms. The molecule has 0 bridgehead atoms. The molecular weight excluding hydrogens is 242 g/mol. The van der Waals surface area contributed by atoms with Gasteiger partial charge in [-0.3, -0.25) is 0 Å². The maximum Gasteiger partial charge on any atom is 0.0484 e. The largest absolute Gasteiger partial charge is 0.398 e. The molecule has 0 saturated carbocycles. The van der Waals surface area contributed by atoms with E-state index in [-0.39, 0.29) is 0 Å². The molecule has 0 atom stereocenters. The lowest BCUT2D eigenvalue weighted by molar-refractivity contribution is 1.64. The molecule has 0 aliphatic rings. The Hall–Kier alpha value is -1.99. The number of anilines is 1. The molecule has 1 nitrogen and oxygen atoms in total. The Morgan fingerprint density at radius 1 is 0.722 bits per heavy atom. The van der Waals surface area contributed by atoms with E-state index in [0.717, 1.165) is 32.6 Å². The van der Waals surface area contributed by atoms with E-state index in [0.29, 0.717) is 0 Å². The van der Waals surface area contributed by atoms with Crippen molar-refractivity contribution in [1.82, 2.24) is 0 Å². The van der Waals surface area contributed by atoms with Crippen LogP contribution in [0.1, 0.15) is 0 Å². The Morgan fingerprint density at radius 3 is 2.28 bits per heavy atom. The molecule has 0 unspecified atom stereocenters. The Morgan fingerprint density at radius 2 is 1.50 bits per heavy atom. The van der Waals surface area contributed by atoms with Gasteiger partial charge in [0.15, 0.2) is 0 Å². The highest BCUT2D eigenvalue weighted by molar-refractivity contribution is 6.36. The van der Waals surface area contributed by atoms with Crippen molar-refractivity contribution >= 4 is 28.1 Å². The van der Waals surface area contributed by atoms with Crippen LogP contribution in [0.2, 0.25) is 5.02 Å². The second-order valence-electron chi connectivity index (χ2n) is 4.23. The van der Waals surface area contributed by atoms with E-state index >= 15 is 0 Å². The van der Waals surface area contributed by atoms with Gasteiger partial charge in [-0.25, -0.2) is 0 Å². The average Bonchev–Trinajstić information content (AvgIpc) is 2.40. The zero-order valence-corrected chi connectivity index (χ0v) is 10.5. The van der Waals surface area contributed by atoms with Crippen LogP contribution in [-0.4, -0.2) is 0 Å². The van der Waals surface area contributed by atoms with Crippen LogP contribution < -0.4 is 5.73 Å². The number of hydrogen-bond donors (Lipinski definition) is 1. The normalized spacial score (nSPS) is 10.7. The predicted octanol–water partition coefficient (Wildman–Crippen LogP) is 4.74. The Labute approximate surface area is 111 Å². The summed E-state index contributed by atoms with van der Waals surface area (Å²) in [4.78, 5) is 0. The first-order chi connectivity index (χ1) is 8.77. The maximum absolute atomic E-state index is 6.23. The van der Waals surface area contributed by atoms with E-state index in [9.17, 15) is 0 Å². The minimum absolute atomic E-state index is 0.754. The van der Waals surface area contributed by atoms with E-state index in [4.69, 9.17) is 17.3 Å². The van der Waals surface area contributed by atoms with Crippen LogP contribution in [0.5, 0.6) is 0 Å². The molecule has 2 N–H and O–H groups in total. The van der Waals surface area contributed by atoms with Crippen molar-refractivity contribution in [2.45, 2.75) is 0 Å². The van der Waals surface area contributed by atoms with Crippen LogP contribution in [0.3, 0.4) is 0 Å². The minimum Gasteiger partial charge on any atom is -0.398 e. The van der Waals surface area contributed by atoms with Gasteiger partial charge in [0, 0.05) is 21.7 Å². The van der Waals surface area contributed by atoms with E-state index in [2.05, 4.69) is 18.2 Å². The van der Waals surface area contributed by atoms with Crippen LogP contribution in [0.15, 0.2) is 60.7 Å². The predicted molar refractivity (Wildman–Crippen MR) is 78.8 cm³/mol. The zero-order valence-electron chi connectivity index (χ0n) is 9.73. The highest BCUT2D eigenvalue weighted by atomic mass is 35.5. The second kappa shape index (κ2) is 4.35. The minimum atomic E-state index is 0.754. The molecule has 0 heterocycles. The molecular formula is C16H12ClN. The van der Waals surface area contributed by atoms with Gasteiger partial charge >= 0.3 is 0 Å². The Balaban J connectivity index is 2.41. The van der Waals surface area contributed by atoms with Crippen LogP contribution in [0.4, 0.5) is 5.69 Å². The lowest BCUT2D eigenvalue weighted by atomic mass is 9.96. The van der Waals surface area contributed by atoms with Gasteiger partial charge in [-0.2, -0.15) is 0 Å². The van der Waals surface area contributed by atoms with Gasteiger partial charge in [-0.05, 0) is 23.1 Å². The van der Waals surface area contributed by atoms with Gasteiger partial charge in [0.05, 0.1) is 0 Å². The molecule has 88 valence electrons. The molecule has 0 spiro atoms. The lowest BCUT2D eigenvalue weighted by Crippen LogP contribution is -1.91. The number of fused-ring (bicyclic) bond motifs is 1. The van der Waals surface area contributed by atoms with Crippen LogP contribution in [0.25, 0.3) is 21.9 Å². The number of rotatable bonds is 1. The third kappa shape index (κ3) is 1.73. The first-order valence-electron chi connectivity index (χ1n) is 5.79. The van der Waals surface area contributed by atoms with Crippen molar-refractivity contribution in [3.05, 3.63) is 65.7 Å². The summed E-state index contributed by atoms with van der Waals surface area (Å²) >= 11 is 6.23. The second-order valence-corrected chi connectivity index (χ2v) is 4.64. The van der Waals surface area contributed by atoms with Crippen LogP contribution in [-0.2, 0) is 0 Å². The highest BCUT2D eigenvalue weighted by Gasteiger charge is 2.09. The summed E-state index contributed by atoms with van der Waals surface area (Å²) in [5.41, 5.74) is 9.06. The molecule has 2 heteroatoms. The summed E-state index contributed by atoms with van der Waals surface area (Å²) < 4.78 is 0. The molecule has 3 rings (SSSR count). The number of benzene rings is 3. The first-order valence-corrected chi connectivity index (χ1v) is 6.17. The van der Waals surface area contributed by atoms with Gasteiger partial charge in [0.1, 0.15) is 0 Å². The molecule has 0 fully saturated rings. The SMILES string of the molecule is Nc1ccc2c(Cl)cccc2c1-c1ccccc1. The van der Waals surface area contributed by atoms with E-state index < -0.39 is 0 Å². The highest BCUT2D eigenvalue weighted by Crippen LogP contribution is 2.36. The summed E-state index contributed by atoms with van der Waals surface area (Å²) in [6.07, 6.45) is 0. The molecule has 3 aromatic rings. The molecule has 3 aromatic carbocycles. The average molecular weight is 254 g/mol. The van der Waals surface area contributed by atoms with Crippen molar-refractivity contribution in [3.63, 3.8) is 0 Å². The monoisotopic (exact) mass is 253 g/mol.